The van der Waals surface area contributed by atoms with Crippen LogP contribution in [0.5, 0.6) is 0 Å². The van der Waals surface area contributed by atoms with Gasteiger partial charge >= 0.3 is 11.7 Å². The second kappa shape index (κ2) is 5.64. The first-order valence-electron chi connectivity index (χ1n) is 6.78. The summed E-state index contributed by atoms with van der Waals surface area (Å²) in [6.07, 6.45) is 0. The number of aromatic nitrogens is 1. The maximum atomic E-state index is 12.2. The van der Waals surface area contributed by atoms with Gasteiger partial charge in [-0.3, -0.25) is 9.36 Å². The Balaban J connectivity index is 1.90. The third-order valence-electron chi connectivity index (χ3n) is 3.57. The third kappa shape index (κ3) is 2.60. The van der Waals surface area contributed by atoms with Crippen LogP contribution in [0.3, 0.4) is 0 Å². The van der Waals surface area contributed by atoms with E-state index < -0.39 is 11.7 Å². The van der Waals surface area contributed by atoms with Crippen molar-refractivity contribution in [2.24, 2.45) is 0 Å². The number of nitrogens with zero attached hydrogens (tertiary/aromatic N) is 2. The zero-order valence-electron chi connectivity index (χ0n) is 11.7. The summed E-state index contributed by atoms with van der Waals surface area (Å²) in [5, 5.41) is 8.94. The fraction of sp³-hybridized carbons (Fsp3) is 0.357. The number of amides is 1. The van der Waals surface area contributed by atoms with Gasteiger partial charge in [0, 0.05) is 13.1 Å². The molecule has 3 rings (SSSR count). The van der Waals surface area contributed by atoms with E-state index in [0.717, 1.165) is 0 Å². The lowest BCUT2D eigenvalue weighted by Crippen LogP contribution is -2.43. The van der Waals surface area contributed by atoms with Crippen LogP contribution in [0.4, 0.5) is 0 Å². The molecule has 116 valence electrons. The first kappa shape index (κ1) is 14.3. The quantitative estimate of drug-likeness (QED) is 0.866. The Bertz CT molecular complexity index is 784. The monoisotopic (exact) mass is 306 g/mol. The molecule has 8 nitrogen and oxygen atoms in total. The van der Waals surface area contributed by atoms with Crippen molar-refractivity contribution in [3.8, 4) is 0 Å². The molecule has 0 saturated carbocycles. The average molecular weight is 306 g/mol. The van der Waals surface area contributed by atoms with Crippen molar-refractivity contribution in [1.29, 1.82) is 0 Å². The van der Waals surface area contributed by atoms with Gasteiger partial charge in [-0.15, -0.1) is 0 Å². The minimum atomic E-state index is -1.11. The Morgan fingerprint density at radius 1 is 1.23 bits per heavy atom. The van der Waals surface area contributed by atoms with Crippen molar-refractivity contribution in [2.45, 2.75) is 6.54 Å². The molecular formula is C14H14N2O6. The number of aromatic carboxylic acids is 1. The molecule has 0 atom stereocenters. The summed E-state index contributed by atoms with van der Waals surface area (Å²) in [6, 6.07) is 4.11. The van der Waals surface area contributed by atoms with Crippen LogP contribution < -0.4 is 5.76 Å². The van der Waals surface area contributed by atoms with E-state index in [1.54, 1.807) is 4.90 Å². The van der Waals surface area contributed by atoms with E-state index in [-0.39, 0.29) is 23.6 Å². The molecule has 1 amide bonds. The van der Waals surface area contributed by atoms with E-state index in [1.165, 1.54) is 22.8 Å². The number of hydrogen-bond donors (Lipinski definition) is 1. The van der Waals surface area contributed by atoms with Gasteiger partial charge in [0.15, 0.2) is 5.58 Å². The smallest absolute Gasteiger partial charge is 0.420 e. The lowest BCUT2D eigenvalue weighted by Gasteiger charge is -2.26. The SMILES string of the molecule is O=C(O)c1ccc2c(c1)oc(=O)n2CC(=O)N1CCOCC1. The van der Waals surface area contributed by atoms with Gasteiger partial charge in [-0.25, -0.2) is 9.59 Å². The standard InChI is InChI=1S/C14H14N2O6/c17-12(15-3-5-21-6-4-15)8-16-10-2-1-9(13(18)19)7-11(10)22-14(16)20/h1-2,7H,3-6,8H2,(H,18,19). The number of oxazole rings is 1. The first-order valence-corrected chi connectivity index (χ1v) is 6.78. The number of ether oxygens (including phenoxy) is 1. The number of morpholine rings is 1. The third-order valence-corrected chi connectivity index (χ3v) is 3.57. The molecule has 0 aliphatic carbocycles. The Morgan fingerprint density at radius 2 is 1.95 bits per heavy atom. The lowest BCUT2D eigenvalue weighted by molar-refractivity contribution is -0.135. The molecule has 1 aliphatic rings. The van der Waals surface area contributed by atoms with Gasteiger partial charge in [0.1, 0.15) is 6.54 Å². The summed E-state index contributed by atoms with van der Waals surface area (Å²) >= 11 is 0. The number of carbonyl (C=O) groups excluding carboxylic acids is 1. The zero-order chi connectivity index (χ0) is 15.7. The molecule has 0 radical (unpaired) electrons. The van der Waals surface area contributed by atoms with Crippen LogP contribution in [0.25, 0.3) is 11.1 Å². The number of fused-ring (bicyclic) bond motifs is 1. The van der Waals surface area contributed by atoms with Crippen LogP contribution in [-0.2, 0) is 16.1 Å². The van der Waals surface area contributed by atoms with E-state index in [4.69, 9.17) is 14.3 Å². The van der Waals surface area contributed by atoms with Gasteiger partial charge in [-0.2, -0.15) is 0 Å². The van der Waals surface area contributed by atoms with Crippen molar-refractivity contribution < 1.29 is 23.8 Å². The van der Waals surface area contributed by atoms with E-state index in [2.05, 4.69) is 0 Å². The number of hydrogen-bond acceptors (Lipinski definition) is 5. The summed E-state index contributed by atoms with van der Waals surface area (Å²) < 4.78 is 11.4. The van der Waals surface area contributed by atoms with Gasteiger partial charge in [0.05, 0.1) is 24.3 Å². The van der Waals surface area contributed by atoms with Gasteiger partial charge in [0.25, 0.3) is 0 Å². The molecule has 22 heavy (non-hydrogen) atoms. The average Bonchev–Trinajstić information content (AvgIpc) is 2.83. The van der Waals surface area contributed by atoms with Crippen molar-refractivity contribution >= 4 is 23.0 Å². The van der Waals surface area contributed by atoms with Gasteiger partial charge in [-0.1, -0.05) is 0 Å². The highest BCUT2D eigenvalue weighted by molar-refractivity contribution is 5.92. The molecule has 2 heterocycles. The predicted molar refractivity (Wildman–Crippen MR) is 74.8 cm³/mol. The summed E-state index contributed by atoms with van der Waals surface area (Å²) in [7, 11) is 0. The Morgan fingerprint density at radius 3 is 2.64 bits per heavy atom. The first-order chi connectivity index (χ1) is 10.6. The van der Waals surface area contributed by atoms with E-state index >= 15 is 0 Å². The highest BCUT2D eigenvalue weighted by Crippen LogP contribution is 2.15. The molecular weight excluding hydrogens is 292 g/mol. The summed E-state index contributed by atoms with van der Waals surface area (Å²) in [6.45, 7) is 1.81. The second-order valence-corrected chi connectivity index (χ2v) is 4.93. The maximum absolute atomic E-state index is 12.2. The van der Waals surface area contributed by atoms with Crippen molar-refractivity contribution in [2.75, 3.05) is 26.3 Å². The summed E-state index contributed by atoms with van der Waals surface area (Å²) in [5.41, 5.74) is 0.573. The summed E-state index contributed by atoms with van der Waals surface area (Å²) in [5.74, 6) is -1.99. The van der Waals surface area contributed by atoms with E-state index in [1.807, 2.05) is 0 Å². The van der Waals surface area contributed by atoms with Gasteiger partial charge in [0.2, 0.25) is 5.91 Å². The van der Waals surface area contributed by atoms with Crippen molar-refractivity contribution in [3.63, 3.8) is 0 Å². The van der Waals surface area contributed by atoms with Crippen LogP contribution in [0.2, 0.25) is 0 Å². The fourth-order valence-electron chi connectivity index (χ4n) is 2.40. The molecule has 1 aromatic heterocycles. The van der Waals surface area contributed by atoms with Gasteiger partial charge < -0.3 is 19.2 Å². The van der Waals surface area contributed by atoms with E-state index in [9.17, 15) is 14.4 Å². The van der Waals surface area contributed by atoms with Crippen LogP contribution in [0.15, 0.2) is 27.4 Å². The molecule has 0 spiro atoms. The molecule has 1 saturated heterocycles. The number of carboxylic acids is 1. The Kier molecular flexibility index (Phi) is 3.68. The van der Waals surface area contributed by atoms with Gasteiger partial charge in [-0.05, 0) is 18.2 Å². The number of rotatable bonds is 3. The normalized spacial score (nSPS) is 15.2. The van der Waals surface area contributed by atoms with Crippen LogP contribution in [0.1, 0.15) is 10.4 Å². The molecule has 1 fully saturated rings. The van der Waals surface area contributed by atoms with Crippen LogP contribution in [-0.4, -0.2) is 52.8 Å². The number of carbonyl (C=O) groups is 2. The Hall–Kier alpha value is -2.61. The molecule has 2 aromatic rings. The second-order valence-electron chi connectivity index (χ2n) is 4.93. The lowest BCUT2D eigenvalue weighted by atomic mass is 10.2. The Labute approximate surface area is 124 Å². The van der Waals surface area contributed by atoms with Crippen LogP contribution >= 0.6 is 0 Å². The summed E-state index contributed by atoms with van der Waals surface area (Å²) in [4.78, 5) is 36.6. The molecule has 0 unspecified atom stereocenters. The molecule has 1 aliphatic heterocycles. The largest absolute Gasteiger partial charge is 0.478 e. The fourth-order valence-corrected chi connectivity index (χ4v) is 2.40. The number of benzene rings is 1. The van der Waals surface area contributed by atoms with Crippen molar-refractivity contribution in [3.05, 3.63) is 34.3 Å². The number of carboxylic acid groups (broad SMARTS) is 1. The molecule has 1 aromatic carbocycles. The highest BCUT2D eigenvalue weighted by Gasteiger charge is 2.20. The molecule has 0 bridgehead atoms. The zero-order valence-corrected chi connectivity index (χ0v) is 11.7. The minimum Gasteiger partial charge on any atom is -0.478 e. The highest BCUT2D eigenvalue weighted by atomic mass is 16.5. The topological polar surface area (TPSA) is 102 Å². The van der Waals surface area contributed by atoms with Crippen molar-refractivity contribution in [1.82, 2.24) is 9.47 Å². The van der Waals surface area contributed by atoms with E-state index in [0.29, 0.717) is 31.8 Å². The predicted octanol–water partition coefficient (Wildman–Crippen LogP) is 0.151. The molecule has 1 N–H and O–H groups in total. The maximum Gasteiger partial charge on any atom is 0.420 e. The minimum absolute atomic E-state index is 0.0212. The molecule has 8 heteroatoms. The van der Waals surface area contributed by atoms with Crippen LogP contribution in [0, 0.1) is 0 Å².